The SMILES string of the molecule is CC(C1CCCCC1)[P+](=O)OC1CCCCC1. The first-order valence-corrected chi connectivity index (χ1v) is 8.65. The molecule has 2 unspecified atom stereocenters. The van der Waals surface area contributed by atoms with Crippen molar-refractivity contribution >= 4 is 8.03 Å². The van der Waals surface area contributed by atoms with E-state index in [1.165, 1.54) is 51.4 Å². The van der Waals surface area contributed by atoms with Crippen molar-refractivity contribution in [3.63, 3.8) is 0 Å². The third-order valence-corrected chi connectivity index (χ3v) is 6.06. The van der Waals surface area contributed by atoms with Gasteiger partial charge in [-0.2, -0.15) is 0 Å². The summed E-state index contributed by atoms with van der Waals surface area (Å²) >= 11 is 0. The molecule has 0 aromatic rings. The van der Waals surface area contributed by atoms with Crippen LogP contribution >= 0.6 is 8.03 Å². The molecule has 2 atom stereocenters. The van der Waals surface area contributed by atoms with Crippen molar-refractivity contribution in [2.45, 2.75) is 82.9 Å². The summed E-state index contributed by atoms with van der Waals surface area (Å²) in [6, 6.07) is 0. The van der Waals surface area contributed by atoms with E-state index in [2.05, 4.69) is 6.92 Å². The fourth-order valence-electron chi connectivity index (χ4n) is 3.20. The molecule has 3 heteroatoms. The molecule has 0 amide bonds. The maximum Gasteiger partial charge on any atom is 0.511 e. The molecule has 0 aromatic heterocycles. The van der Waals surface area contributed by atoms with E-state index in [9.17, 15) is 4.57 Å². The van der Waals surface area contributed by atoms with Crippen LogP contribution in [0.4, 0.5) is 0 Å². The van der Waals surface area contributed by atoms with E-state index < -0.39 is 8.03 Å². The summed E-state index contributed by atoms with van der Waals surface area (Å²) in [4.78, 5) is 0. The summed E-state index contributed by atoms with van der Waals surface area (Å²) < 4.78 is 18.1. The highest BCUT2D eigenvalue weighted by Gasteiger charge is 2.38. The average molecular weight is 257 g/mol. The van der Waals surface area contributed by atoms with E-state index in [4.69, 9.17) is 4.52 Å². The van der Waals surface area contributed by atoms with Crippen molar-refractivity contribution in [1.29, 1.82) is 0 Å². The average Bonchev–Trinajstić information content (AvgIpc) is 2.40. The van der Waals surface area contributed by atoms with Gasteiger partial charge in [-0.25, -0.2) is 0 Å². The minimum atomic E-state index is -1.44. The van der Waals surface area contributed by atoms with Gasteiger partial charge in [-0.3, -0.25) is 0 Å². The van der Waals surface area contributed by atoms with Crippen LogP contribution in [0.15, 0.2) is 0 Å². The van der Waals surface area contributed by atoms with Gasteiger partial charge in [-0.15, -0.1) is 4.52 Å². The molecule has 17 heavy (non-hydrogen) atoms. The molecule has 0 aromatic carbocycles. The smallest absolute Gasteiger partial charge is 0.143 e. The topological polar surface area (TPSA) is 26.3 Å². The van der Waals surface area contributed by atoms with Gasteiger partial charge in [0.25, 0.3) is 0 Å². The maximum atomic E-state index is 12.2. The highest BCUT2D eigenvalue weighted by molar-refractivity contribution is 7.40. The Balaban J connectivity index is 1.77. The second kappa shape index (κ2) is 6.85. The molecule has 0 spiro atoms. The molecule has 2 aliphatic rings. The largest absolute Gasteiger partial charge is 0.511 e. The van der Waals surface area contributed by atoms with E-state index in [1.54, 1.807) is 0 Å². The van der Waals surface area contributed by atoms with Crippen LogP contribution in [0.5, 0.6) is 0 Å². The molecule has 2 aliphatic carbocycles. The van der Waals surface area contributed by atoms with Crippen LogP contribution in [0.2, 0.25) is 0 Å². The second-order valence-electron chi connectivity index (χ2n) is 5.79. The van der Waals surface area contributed by atoms with E-state index in [-0.39, 0.29) is 5.66 Å². The molecule has 0 aliphatic heterocycles. The van der Waals surface area contributed by atoms with Gasteiger partial charge in [-0.1, -0.05) is 38.5 Å². The maximum absolute atomic E-state index is 12.2. The Morgan fingerprint density at radius 3 is 2.06 bits per heavy atom. The molecule has 2 nitrogen and oxygen atoms in total. The van der Waals surface area contributed by atoms with Crippen molar-refractivity contribution in [3.05, 3.63) is 0 Å². The fraction of sp³-hybridized carbons (Fsp3) is 1.00. The van der Waals surface area contributed by atoms with Crippen LogP contribution in [0.25, 0.3) is 0 Å². The normalized spacial score (nSPS) is 26.8. The molecule has 0 bridgehead atoms. The summed E-state index contributed by atoms with van der Waals surface area (Å²) in [6.45, 7) is 2.14. The van der Waals surface area contributed by atoms with Crippen molar-refractivity contribution < 1.29 is 9.09 Å². The van der Waals surface area contributed by atoms with Gasteiger partial charge in [0, 0.05) is 5.92 Å². The number of hydrogen-bond donors (Lipinski definition) is 0. The molecule has 0 heterocycles. The van der Waals surface area contributed by atoms with Crippen LogP contribution in [0, 0.1) is 5.92 Å². The van der Waals surface area contributed by atoms with Gasteiger partial charge in [0.15, 0.2) is 5.66 Å². The monoisotopic (exact) mass is 257 g/mol. The predicted octanol–water partition coefficient (Wildman–Crippen LogP) is 5.05. The molecule has 2 fully saturated rings. The highest BCUT2D eigenvalue weighted by atomic mass is 31.1. The molecule has 2 rings (SSSR count). The number of rotatable bonds is 4. The first-order chi connectivity index (χ1) is 8.27. The lowest BCUT2D eigenvalue weighted by Gasteiger charge is -2.22. The standard InChI is InChI=1S/C14H26O2P/c1-12(13-8-4-2-5-9-13)17(15)16-14-10-6-3-7-11-14/h12-14H,2-11H2,1H3/q+1. The van der Waals surface area contributed by atoms with E-state index in [0.717, 1.165) is 12.8 Å². The van der Waals surface area contributed by atoms with Gasteiger partial charge in [0.1, 0.15) is 6.10 Å². The lowest BCUT2D eigenvalue weighted by Crippen LogP contribution is -2.20. The van der Waals surface area contributed by atoms with Gasteiger partial charge < -0.3 is 0 Å². The minimum Gasteiger partial charge on any atom is -0.143 e. The van der Waals surface area contributed by atoms with E-state index >= 15 is 0 Å². The molecule has 0 saturated heterocycles. The third kappa shape index (κ3) is 4.03. The molecular weight excluding hydrogens is 231 g/mol. The van der Waals surface area contributed by atoms with Crippen molar-refractivity contribution in [3.8, 4) is 0 Å². The van der Waals surface area contributed by atoms with Crippen molar-refractivity contribution in [2.24, 2.45) is 5.92 Å². The minimum absolute atomic E-state index is 0.271. The zero-order chi connectivity index (χ0) is 12.1. The zero-order valence-electron chi connectivity index (χ0n) is 11.1. The first-order valence-electron chi connectivity index (χ1n) is 7.40. The summed E-state index contributed by atoms with van der Waals surface area (Å²) in [5, 5.41) is 0. The fourth-order valence-corrected chi connectivity index (χ4v) is 4.54. The third-order valence-electron chi connectivity index (χ3n) is 4.47. The Kier molecular flexibility index (Phi) is 5.44. The van der Waals surface area contributed by atoms with Gasteiger partial charge in [0.2, 0.25) is 0 Å². The molecule has 98 valence electrons. The van der Waals surface area contributed by atoms with Gasteiger partial charge in [-0.05, 0) is 37.2 Å². The number of hydrogen-bond acceptors (Lipinski definition) is 2. The van der Waals surface area contributed by atoms with Crippen LogP contribution in [0.3, 0.4) is 0 Å². The van der Waals surface area contributed by atoms with Crippen LogP contribution < -0.4 is 0 Å². The zero-order valence-corrected chi connectivity index (χ0v) is 12.0. The Labute approximate surface area is 106 Å². The lowest BCUT2D eigenvalue weighted by molar-refractivity contribution is 0.160. The van der Waals surface area contributed by atoms with E-state index in [0.29, 0.717) is 12.0 Å². The Morgan fingerprint density at radius 1 is 0.941 bits per heavy atom. The summed E-state index contributed by atoms with van der Waals surface area (Å²) in [6.07, 6.45) is 12.9. The summed E-state index contributed by atoms with van der Waals surface area (Å²) in [5.74, 6) is 0.649. The Hall–Kier alpha value is 0.0600. The van der Waals surface area contributed by atoms with Crippen molar-refractivity contribution in [1.82, 2.24) is 0 Å². The quantitative estimate of drug-likeness (QED) is 0.659. The lowest BCUT2D eigenvalue weighted by atomic mass is 9.87. The molecule has 0 radical (unpaired) electrons. The molecule has 2 saturated carbocycles. The predicted molar refractivity (Wildman–Crippen MR) is 71.6 cm³/mol. The Morgan fingerprint density at radius 2 is 1.47 bits per heavy atom. The van der Waals surface area contributed by atoms with Crippen molar-refractivity contribution in [2.75, 3.05) is 0 Å². The summed E-state index contributed by atoms with van der Waals surface area (Å²) in [5.41, 5.74) is 0.271. The van der Waals surface area contributed by atoms with Crippen LogP contribution in [-0.2, 0) is 9.09 Å². The molecule has 0 N–H and O–H groups in total. The second-order valence-corrected chi connectivity index (χ2v) is 7.39. The highest BCUT2D eigenvalue weighted by Crippen LogP contribution is 2.42. The van der Waals surface area contributed by atoms with Crippen LogP contribution in [0.1, 0.15) is 71.1 Å². The first kappa shape index (κ1) is 13.5. The summed E-state index contributed by atoms with van der Waals surface area (Å²) in [7, 11) is -1.44. The Bertz CT molecular complexity index is 243. The van der Waals surface area contributed by atoms with Crippen LogP contribution in [-0.4, -0.2) is 11.8 Å². The van der Waals surface area contributed by atoms with Gasteiger partial charge in [0.05, 0.1) is 0 Å². The van der Waals surface area contributed by atoms with Gasteiger partial charge >= 0.3 is 8.03 Å². The molecular formula is C14H26O2P+. The van der Waals surface area contributed by atoms with E-state index in [1.807, 2.05) is 0 Å².